The van der Waals surface area contributed by atoms with Gasteiger partial charge in [-0.1, -0.05) is 12.1 Å². The van der Waals surface area contributed by atoms with E-state index in [0.717, 1.165) is 59.5 Å². The molecule has 0 aromatic heterocycles. The van der Waals surface area contributed by atoms with Crippen molar-refractivity contribution in [2.45, 2.75) is 70.4 Å². The van der Waals surface area contributed by atoms with E-state index in [2.05, 4.69) is 15.3 Å². The maximum atomic E-state index is 18.5. The Labute approximate surface area is 292 Å². The summed E-state index contributed by atoms with van der Waals surface area (Å²) >= 11 is 0. The predicted octanol–water partition coefficient (Wildman–Crippen LogP) is 8.21. The maximum Gasteiger partial charge on any atom is 0.197 e. The summed E-state index contributed by atoms with van der Waals surface area (Å²) < 4.78 is 24.5. The molecule has 0 amide bonds. The van der Waals surface area contributed by atoms with Gasteiger partial charge >= 0.3 is 195 Å². The van der Waals surface area contributed by atoms with Crippen molar-refractivity contribution in [3.63, 3.8) is 0 Å². The number of nitrogens with one attached hydrogen (secondary N) is 1. The van der Waals surface area contributed by atoms with Gasteiger partial charge in [-0.05, 0) is 17.7 Å². The van der Waals surface area contributed by atoms with Crippen LogP contribution in [0.4, 0.5) is 4.20 Å². The van der Waals surface area contributed by atoms with Crippen LogP contribution < -0.4 is 31.7 Å². The first-order valence-corrected chi connectivity index (χ1v) is 20.2. The minimum Gasteiger partial charge on any atom is -0.370 e. The Morgan fingerprint density at radius 1 is 0.633 bits per heavy atom. The Bertz CT molecular complexity index is 1530. The number of rotatable bonds is 18. The van der Waals surface area contributed by atoms with Crippen LogP contribution in [0.15, 0.2) is 125 Å². The van der Waals surface area contributed by atoms with Crippen molar-refractivity contribution in [1.82, 2.24) is 10.2 Å². The summed E-state index contributed by atoms with van der Waals surface area (Å²) in [6.07, 6.45) is 11.7. The van der Waals surface area contributed by atoms with Crippen molar-refractivity contribution in [2.75, 3.05) is 26.9 Å². The van der Waals surface area contributed by atoms with Gasteiger partial charge in [0, 0.05) is 14.1 Å². The van der Waals surface area contributed by atoms with Crippen molar-refractivity contribution < 1.29 is 8.93 Å². The number of ether oxygens (including phenoxy) is 1. The molecule has 49 heavy (non-hydrogen) atoms. The van der Waals surface area contributed by atoms with Gasteiger partial charge in [0.05, 0.1) is 0 Å². The van der Waals surface area contributed by atoms with Crippen LogP contribution in [0.2, 0.25) is 0 Å². The molecule has 3 N–H and O–H groups in total. The summed E-state index contributed by atoms with van der Waals surface area (Å²) in [6, 6.07) is 37.8. The Morgan fingerprint density at radius 2 is 1.08 bits per heavy atom. The molecule has 1 aliphatic heterocycles. The number of aliphatic imine (C=N–C) groups is 2. The molecule has 4 aromatic rings. The van der Waals surface area contributed by atoms with Gasteiger partial charge < -0.3 is 15.4 Å². The zero-order valence-corrected chi connectivity index (χ0v) is 30.1. The van der Waals surface area contributed by atoms with Crippen LogP contribution in [0.1, 0.15) is 75.9 Å². The van der Waals surface area contributed by atoms with Gasteiger partial charge in [-0.25, -0.2) is 9.98 Å². The largest absolute Gasteiger partial charge is 0.370 e. The van der Waals surface area contributed by atoms with Gasteiger partial charge in [-0.2, -0.15) is 0 Å². The first-order chi connectivity index (χ1) is 23.9. The first kappa shape index (κ1) is 36.1. The van der Waals surface area contributed by atoms with Gasteiger partial charge in [0.25, 0.3) is 0 Å². The van der Waals surface area contributed by atoms with Crippen LogP contribution in [-0.4, -0.2) is 43.7 Å². The normalized spacial score (nSPS) is 15.3. The Morgan fingerprint density at radius 3 is 1.55 bits per heavy atom. The average molecular weight is 682 g/mol. The molecular formula is C41H53FN5OP. The number of unbranched alkanes of at least 4 members (excludes halogenated alkanes) is 9. The smallest absolute Gasteiger partial charge is 0.197 e. The molecule has 0 saturated heterocycles. The first-order valence-electron chi connectivity index (χ1n) is 17.9. The van der Waals surface area contributed by atoms with Crippen LogP contribution >= 0.6 is 6.91 Å². The van der Waals surface area contributed by atoms with Crippen LogP contribution in [0.3, 0.4) is 0 Å². The standard InChI is InChI=1S/C41H53FN5OP/c1-47(2)41-45-39(44-40(43)46-41)34-28-30-35(31-29-34)48-32-20-9-7-5-3-4-6-8-10-21-33-49(42,36-22-14-11-15-23-36,37-24-16-12-17-25-37)38-26-18-13-19-27-38/h11-19,22-31,39H,3-10,20-21,32-33H2,1-2H3,(H3,43,44,45,46). The van der Waals surface area contributed by atoms with Gasteiger partial charge in [0.15, 0.2) is 12.1 Å². The number of benzene rings is 4. The second kappa shape index (κ2) is 17.4. The zero-order valence-electron chi connectivity index (χ0n) is 29.2. The molecule has 1 atom stereocenters. The fourth-order valence-electron chi connectivity index (χ4n) is 6.73. The molecule has 1 unspecified atom stereocenters. The van der Waals surface area contributed by atoms with Crippen LogP contribution in [0, 0.1) is 0 Å². The molecule has 8 heteroatoms. The zero-order chi connectivity index (χ0) is 34.4. The summed E-state index contributed by atoms with van der Waals surface area (Å²) in [6.45, 7) is -3.39. The molecule has 260 valence electrons. The molecule has 1 heterocycles. The van der Waals surface area contributed by atoms with Crippen molar-refractivity contribution in [1.29, 1.82) is 0 Å². The van der Waals surface area contributed by atoms with Crippen molar-refractivity contribution in [3.05, 3.63) is 121 Å². The average Bonchev–Trinajstić information content (AvgIpc) is 3.14. The fourth-order valence-corrected chi connectivity index (χ4v) is 11.6. The quantitative estimate of drug-likeness (QED) is 0.0820. The Balaban J connectivity index is 0.989. The molecule has 0 saturated carbocycles. The Hall–Kier alpha value is -4.22. The minimum absolute atomic E-state index is 0.352. The summed E-state index contributed by atoms with van der Waals surface area (Å²) in [5.74, 6) is 1.92. The van der Waals surface area contributed by atoms with E-state index < -0.39 is 6.91 Å². The molecule has 0 bridgehead atoms. The summed E-state index contributed by atoms with van der Waals surface area (Å²) in [4.78, 5) is 10.9. The number of nitrogens with zero attached hydrogens (tertiary/aromatic N) is 3. The van der Waals surface area contributed by atoms with E-state index >= 15 is 4.20 Å². The van der Waals surface area contributed by atoms with Crippen molar-refractivity contribution in [2.24, 2.45) is 15.7 Å². The second-order valence-corrected chi connectivity index (χ2v) is 17.6. The molecule has 0 fully saturated rings. The SMILES string of the molecule is CN(C)C1=NC(c2ccc(OCCCCCCCCCCCCP(F)(c3ccccc3)(c3ccccc3)c3ccccc3)cc2)N=C(N)N1. The Kier molecular flexibility index (Phi) is 12.8. The van der Waals surface area contributed by atoms with Crippen molar-refractivity contribution in [3.8, 4) is 5.75 Å². The molecule has 0 radical (unpaired) electrons. The predicted molar refractivity (Wildman–Crippen MR) is 208 cm³/mol. The molecular weight excluding hydrogens is 628 g/mol. The van der Waals surface area contributed by atoms with E-state index in [1.165, 1.54) is 38.5 Å². The summed E-state index contributed by atoms with van der Waals surface area (Å²) in [5.41, 5.74) is 6.92. The third-order valence-corrected chi connectivity index (χ3v) is 14.8. The van der Waals surface area contributed by atoms with Crippen LogP contribution in [-0.2, 0) is 0 Å². The van der Waals surface area contributed by atoms with E-state index in [1.807, 2.05) is 134 Å². The van der Waals surface area contributed by atoms with E-state index in [1.54, 1.807) is 0 Å². The van der Waals surface area contributed by atoms with Crippen LogP contribution in [0.25, 0.3) is 0 Å². The molecule has 0 spiro atoms. The van der Waals surface area contributed by atoms with Gasteiger partial charge in [0.1, 0.15) is 5.75 Å². The number of guanidine groups is 2. The molecule has 0 aliphatic carbocycles. The third-order valence-electron chi connectivity index (χ3n) is 9.47. The van der Waals surface area contributed by atoms with Gasteiger partial charge in [-0.15, -0.1) is 0 Å². The summed E-state index contributed by atoms with van der Waals surface area (Å²) in [7, 11) is 3.84. The van der Waals surface area contributed by atoms with Gasteiger partial charge in [0.2, 0.25) is 5.96 Å². The number of hydrogen-bond acceptors (Lipinski definition) is 6. The fraction of sp³-hybridized carbons (Fsp3) is 0.366. The van der Waals surface area contributed by atoms with Gasteiger partial charge in [-0.3, -0.25) is 5.32 Å². The minimum atomic E-state index is -4.10. The van der Waals surface area contributed by atoms with E-state index in [0.29, 0.717) is 18.1 Å². The second-order valence-electron chi connectivity index (χ2n) is 13.2. The van der Waals surface area contributed by atoms with E-state index in [4.69, 9.17) is 10.5 Å². The molecule has 5 rings (SSSR count). The number of hydrogen-bond donors (Lipinski definition) is 2. The van der Waals surface area contributed by atoms with E-state index in [9.17, 15) is 0 Å². The molecule has 1 aliphatic rings. The summed E-state index contributed by atoms with van der Waals surface area (Å²) in [5, 5.41) is 5.47. The maximum absolute atomic E-state index is 18.5. The third kappa shape index (κ3) is 9.07. The monoisotopic (exact) mass is 681 g/mol. The molecule has 4 aromatic carbocycles. The number of nitrogens with two attached hydrogens (primary N) is 1. The van der Waals surface area contributed by atoms with E-state index in [-0.39, 0.29) is 6.17 Å². The number of halogens is 1. The molecule has 6 nitrogen and oxygen atoms in total. The van der Waals surface area contributed by atoms with Crippen LogP contribution in [0.5, 0.6) is 5.75 Å². The topological polar surface area (TPSA) is 75.2 Å². The van der Waals surface area contributed by atoms with Crippen molar-refractivity contribution >= 4 is 34.7 Å².